The van der Waals surface area contributed by atoms with Crippen molar-refractivity contribution in [3.63, 3.8) is 0 Å². The summed E-state index contributed by atoms with van der Waals surface area (Å²) >= 11 is 0. The molecule has 6 heteroatoms. The summed E-state index contributed by atoms with van der Waals surface area (Å²) in [5, 5.41) is 5.72. The lowest BCUT2D eigenvalue weighted by molar-refractivity contribution is 0.0946. The number of nitrogens with one attached hydrogen (secondary N) is 2. The van der Waals surface area contributed by atoms with Crippen LogP contribution in [-0.2, 0) is 0 Å². The molecule has 2 N–H and O–H groups in total. The Balaban J connectivity index is 1.93. The highest BCUT2D eigenvalue weighted by Crippen LogP contribution is 2.14. The van der Waals surface area contributed by atoms with Crippen LogP contribution in [0.4, 0.5) is 15.9 Å². The van der Waals surface area contributed by atoms with Crippen molar-refractivity contribution in [3.8, 4) is 0 Å². The molecule has 1 aromatic carbocycles. The summed E-state index contributed by atoms with van der Waals surface area (Å²) in [6.45, 7) is 4.80. The Morgan fingerprint density at radius 2 is 2.09 bits per heavy atom. The van der Waals surface area contributed by atoms with Crippen molar-refractivity contribution >= 4 is 17.4 Å². The molecule has 116 valence electrons. The van der Waals surface area contributed by atoms with Crippen LogP contribution in [0.2, 0.25) is 0 Å². The second-order valence-corrected chi connectivity index (χ2v) is 5.36. The number of rotatable bonds is 6. The van der Waals surface area contributed by atoms with Crippen LogP contribution in [0.5, 0.6) is 0 Å². The lowest BCUT2D eigenvalue weighted by Gasteiger charge is -2.08. The second kappa shape index (κ2) is 7.49. The quantitative estimate of drug-likeness (QED) is 0.860. The molecule has 1 heterocycles. The first-order valence-electron chi connectivity index (χ1n) is 7.17. The molecule has 0 aliphatic carbocycles. The molecule has 0 atom stereocenters. The summed E-state index contributed by atoms with van der Waals surface area (Å²) in [4.78, 5) is 20.0. The zero-order valence-corrected chi connectivity index (χ0v) is 12.6. The molecular formula is C16H19FN4O. The fourth-order valence-electron chi connectivity index (χ4n) is 1.79. The SMILES string of the molecule is CC(C)CCNC(=O)c1cnc(Nc2cccc(F)c2)cn1. The first-order chi connectivity index (χ1) is 10.5. The molecule has 2 aromatic rings. The number of hydrogen-bond acceptors (Lipinski definition) is 4. The van der Waals surface area contributed by atoms with E-state index in [2.05, 4.69) is 34.4 Å². The Kier molecular flexibility index (Phi) is 5.41. The minimum Gasteiger partial charge on any atom is -0.351 e. The average molecular weight is 302 g/mol. The summed E-state index contributed by atoms with van der Waals surface area (Å²) in [7, 11) is 0. The Morgan fingerprint density at radius 1 is 1.27 bits per heavy atom. The normalized spacial score (nSPS) is 10.5. The van der Waals surface area contributed by atoms with Crippen molar-refractivity contribution in [2.45, 2.75) is 20.3 Å². The van der Waals surface area contributed by atoms with Crippen molar-refractivity contribution in [1.82, 2.24) is 15.3 Å². The van der Waals surface area contributed by atoms with Crippen LogP contribution in [0.3, 0.4) is 0 Å². The van der Waals surface area contributed by atoms with Gasteiger partial charge in [-0.05, 0) is 30.5 Å². The maximum atomic E-state index is 13.1. The molecule has 0 unspecified atom stereocenters. The van der Waals surface area contributed by atoms with Crippen LogP contribution < -0.4 is 10.6 Å². The van der Waals surface area contributed by atoms with Crippen molar-refractivity contribution in [2.75, 3.05) is 11.9 Å². The van der Waals surface area contributed by atoms with Crippen LogP contribution in [0, 0.1) is 11.7 Å². The van der Waals surface area contributed by atoms with Crippen molar-refractivity contribution in [3.05, 3.63) is 48.2 Å². The van der Waals surface area contributed by atoms with Gasteiger partial charge in [-0.25, -0.2) is 14.4 Å². The molecule has 2 rings (SSSR count). The van der Waals surface area contributed by atoms with Gasteiger partial charge in [-0.3, -0.25) is 4.79 Å². The van der Waals surface area contributed by atoms with Crippen LogP contribution >= 0.6 is 0 Å². The molecule has 1 amide bonds. The highest BCUT2D eigenvalue weighted by atomic mass is 19.1. The molecule has 0 spiro atoms. The van der Waals surface area contributed by atoms with E-state index >= 15 is 0 Å². The lowest BCUT2D eigenvalue weighted by Crippen LogP contribution is -2.26. The molecule has 0 aliphatic rings. The lowest BCUT2D eigenvalue weighted by atomic mass is 10.1. The van der Waals surface area contributed by atoms with Gasteiger partial charge in [0, 0.05) is 12.2 Å². The minimum absolute atomic E-state index is 0.245. The second-order valence-electron chi connectivity index (χ2n) is 5.36. The zero-order valence-electron chi connectivity index (χ0n) is 12.6. The van der Waals surface area contributed by atoms with E-state index in [4.69, 9.17) is 0 Å². The van der Waals surface area contributed by atoms with E-state index in [-0.39, 0.29) is 17.4 Å². The third-order valence-corrected chi connectivity index (χ3v) is 2.99. The Labute approximate surface area is 129 Å². The Bertz CT molecular complexity index is 628. The number of halogens is 1. The highest BCUT2D eigenvalue weighted by molar-refractivity contribution is 5.92. The van der Waals surface area contributed by atoms with E-state index in [9.17, 15) is 9.18 Å². The summed E-state index contributed by atoms with van der Waals surface area (Å²) in [6, 6.07) is 6.04. The fraction of sp³-hybridized carbons (Fsp3) is 0.312. The van der Waals surface area contributed by atoms with E-state index in [0.29, 0.717) is 24.0 Å². The van der Waals surface area contributed by atoms with Crippen LogP contribution in [0.15, 0.2) is 36.7 Å². The molecule has 22 heavy (non-hydrogen) atoms. The monoisotopic (exact) mass is 302 g/mol. The molecule has 5 nitrogen and oxygen atoms in total. The number of hydrogen-bond donors (Lipinski definition) is 2. The number of benzene rings is 1. The Morgan fingerprint density at radius 3 is 2.73 bits per heavy atom. The van der Waals surface area contributed by atoms with Crippen molar-refractivity contribution in [1.29, 1.82) is 0 Å². The smallest absolute Gasteiger partial charge is 0.271 e. The van der Waals surface area contributed by atoms with Gasteiger partial charge in [0.05, 0.1) is 12.4 Å². The summed E-state index contributed by atoms with van der Waals surface area (Å²) < 4.78 is 13.1. The van der Waals surface area contributed by atoms with Crippen molar-refractivity contribution < 1.29 is 9.18 Å². The first-order valence-corrected chi connectivity index (χ1v) is 7.17. The first kappa shape index (κ1) is 15.9. The van der Waals surface area contributed by atoms with Crippen LogP contribution in [0.25, 0.3) is 0 Å². The predicted octanol–water partition coefficient (Wildman–Crippen LogP) is 3.14. The van der Waals surface area contributed by atoms with Gasteiger partial charge in [0.2, 0.25) is 0 Å². The largest absolute Gasteiger partial charge is 0.351 e. The molecule has 0 radical (unpaired) electrons. The van der Waals surface area contributed by atoms with Gasteiger partial charge in [0.1, 0.15) is 17.3 Å². The van der Waals surface area contributed by atoms with Gasteiger partial charge in [-0.15, -0.1) is 0 Å². The third kappa shape index (κ3) is 4.80. The molecule has 0 aliphatic heterocycles. The average Bonchev–Trinajstić information content (AvgIpc) is 2.47. The summed E-state index contributed by atoms with van der Waals surface area (Å²) in [5.74, 6) is 0.401. The van der Waals surface area contributed by atoms with E-state index in [1.807, 2.05) is 0 Å². The maximum absolute atomic E-state index is 13.1. The molecule has 1 aromatic heterocycles. The highest BCUT2D eigenvalue weighted by Gasteiger charge is 2.08. The van der Waals surface area contributed by atoms with Gasteiger partial charge in [-0.2, -0.15) is 0 Å². The zero-order chi connectivity index (χ0) is 15.9. The van der Waals surface area contributed by atoms with Gasteiger partial charge in [-0.1, -0.05) is 19.9 Å². The fourth-order valence-corrected chi connectivity index (χ4v) is 1.79. The van der Waals surface area contributed by atoms with Crippen molar-refractivity contribution in [2.24, 2.45) is 5.92 Å². The molecule has 0 saturated heterocycles. The van der Waals surface area contributed by atoms with Crippen LogP contribution in [0.1, 0.15) is 30.8 Å². The summed E-state index contributed by atoms with van der Waals surface area (Å²) in [6.07, 6.45) is 3.76. The Hall–Kier alpha value is -2.50. The number of carbonyl (C=O) groups excluding carboxylic acids is 1. The van der Waals surface area contributed by atoms with Crippen LogP contribution in [-0.4, -0.2) is 22.4 Å². The van der Waals surface area contributed by atoms with E-state index in [0.717, 1.165) is 6.42 Å². The van der Waals surface area contributed by atoms with Gasteiger partial charge >= 0.3 is 0 Å². The standard InChI is InChI=1S/C16H19FN4O/c1-11(2)6-7-18-16(22)14-9-20-15(10-19-14)21-13-5-3-4-12(17)8-13/h3-5,8-11H,6-7H2,1-2H3,(H,18,22)(H,20,21). The van der Waals surface area contributed by atoms with E-state index in [1.54, 1.807) is 12.1 Å². The number of carbonyl (C=O) groups is 1. The van der Waals surface area contributed by atoms with Gasteiger partial charge in [0.15, 0.2) is 0 Å². The minimum atomic E-state index is -0.334. The molecule has 0 saturated carbocycles. The topological polar surface area (TPSA) is 66.9 Å². The van der Waals surface area contributed by atoms with Gasteiger partial charge in [0.25, 0.3) is 5.91 Å². The molecule has 0 fully saturated rings. The number of nitrogens with zero attached hydrogens (tertiary/aromatic N) is 2. The van der Waals surface area contributed by atoms with Gasteiger partial charge < -0.3 is 10.6 Å². The maximum Gasteiger partial charge on any atom is 0.271 e. The number of aromatic nitrogens is 2. The predicted molar refractivity (Wildman–Crippen MR) is 83.5 cm³/mol. The third-order valence-electron chi connectivity index (χ3n) is 2.99. The number of anilines is 2. The number of amides is 1. The van der Waals surface area contributed by atoms with E-state index in [1.165, 1.54) is 24.5 Å². The summed E-state index contributed by atoms with van der Waals surface area (Å²) in [5.41, 5.74) is 0.831. The molecule has 0 bridgehead atoms. The molecular weight excluding hydrogens is 283 g/mol. The van der Waals surface area contributed by atoms with E-state index < -0.39 is 0 Å².